The lowest BCUT2D eigenvalue weighted by Gasteiger charge is -2.31. The predicted octanol–water partition coefficient (Wildman–Crippen LogP) is 14.7. The molecule has 0 aliphatic heterocycles. The molecule has 2 aliphatic carbocycles. The standard InChI is InChI=1S/C58H33N3O2/c1-3-14-34(15-4-1)36-18-13-19-37(30-36)56-59-55(35-16-5-2-6-17-35)60-57(61-56)38-26-28-50-45(31-38)53-51(62-50)29-27-42-43-32-44-41-22-9-12-25-49(41)63-52(44)33-48(43)58(54(42)53)46-23-10-7-20-39(46)40-21-8-11-24-47(40)58/h1-33H. The second-order valence-corrected chi connectivity index (χ2v) is 16.6. The third-order valence-electron chi connectivity index (χ3n) is 13.3. The highest BCUT2D eigenvalue weighted by molar-refractivity contribution is 6.16. The Bertz CT molecular complexity index is 3820. The molecule has 14 rings (SSSR count). The average Bonchev–Trinajstić information content (AvgIpc) is 4.08. The van der Waals surface area contributed by atoms with Gasteiger partial charge in [-0.2, -0.15) is 0 Å². The van der Waals surface area contributed by atoms with Crippen LogP contribution in [0.15, 0.2) is 209 Å². The molecule has 0 unspecified atom stereocenters. The van der Waals surface area contributed by atoms with Gasteiger partial charge in [-0.3, -0.25) is 0 Å². The third kappa shape index (κ3) is 4.79. The summed E-state index contributed by atoms with van der Waals surface area (Å²) in [7, 11) is 0. The van der Waals surface area contributed by atoms with Crippen molar-refractivity contribution in [2.75, 3.05) is 0 Å². The van der Waals surface area contributed by atoms with Gasteiger partial charge >= 0.3 is 0 Å². The minimum absolute atomic E-state index is 0.592. The van der Waals surface area contributed by atoms with E-state index in [2.05, 4.69) is 158 Å². The lowest BCUT2D eigenvalue weighted by Crippen LogP contribution is -2.26. The SMILES string of the molecule is c1ccc(-c2cccc(-c3nc(-c4ccccc4)nc(-c4ccc5oc6ccc7c(c6c5c4)C4(c5ccccc5-c5ccccc54)c4cc5oc6ccccc6c5cc4-7)n3)c2)cc1. The topological polar surface area (TPSA) is 65.0 Å². The van der Waals surface area contributed by atoms with Crippen molar-refractivity contribution >= 4 is 43.9 Å². The molecule has 3 aromatic heterocycles. The van der Waals surface area contributed by atoms with Crippen LogP contribution in [0.25, 0.3) is 111 Å². The number of para-hydroxylation sites is 1. The fourth-order valence-electron chi connectivity index (χ4n) is 10.7. The molecule has 0 N–H and O–H groups in total. The van der Waals surface area contributed by atoms with Crippen molar-refractivity contribution in [1.29, 1.82) is 0 Å². The second-order valence-electron chi connectivity index (χ2n) is 16.6. The van der Waals surface area contributed by atoms with Crippen LogP contribution in [0.2, 0.25) is 0 Å². The van der Waals surface area contributed by atoms with Gasteiger partial charge in [-0.05, 0) is 104 Å². The molecule has 0 atom stereocenters. The van der Waals surface area contributed by atoms with Crippen LogP contribution in [-0.2, 0) is 5.41 Å². The van der Waals surface area contributed by atoms with Crippen LogP contribution in [-0.4, -0.2) is 15.0 Å². The molecule has 63 heavy (non-hydrogen) atoms. The molecule has 5 heteroatoms. The van der Waals surface area contributed by atoms with E-state index in [0.29, 0.717) is 17.5 Å². The molecule has 2 aliphatic rings. The van der Waals surface area contributed by atoms with Crippen LogP contribution in [0, 0.1) is 0 Å². The van der Waals surface area contributed by atoms with Gasteiger partial charge in [-0.15, -0.1) is 0 Å². The number of hydrogen-bond donors (Lipinski definition) is 0. The number of nitrogens with zero attached hydrogens (tertiary/aromatic N) is 3. The molecule has 0 amide bonds. The molecule has 0 fully saturated rings. The van der Waals surface area contributed by atoms with Crippen molar-refractivity contribution in [3.8, 4) is 67.5 Å². The number of benzene rings is 9. The van der Waals surface area contributed by atoms with Gasteiger partial charge in [0.2, 0.25) is 0 Å². The van der Waals surface area contributed by atoms with E-state index < -0.39 is 5.41 Å². The zero-order chi connectivity index (χ0) is 41.2. The minimum Gasteiger partial charge on any atom is -0.456 e. The summed E-state index contributed by atoms with van der Waals surface area (Å²) >= 11 is 0. The van der Waals surface area contributed by atoms with Crippen LogP contribution in [0.4, 0.5) is 0 Å². The van der Waals surface area contributed by atoms with Gasteiger partial charge in [0.05, 0.1) is 5.41 Å². The molecule has 12 aromatic rings. The molecular formula is C58H33N3O2. The largest absolute Gasteiger partial charge is 0.456 e. The number of furan rings is 2. The summed E-state index contributed by atoms with van der Waals surface area (Å²) < 4.78 is 13.5. The quantitative estimate of drug-likeness (QED) is 0.177. The van der Waals surface area contributed by atoms with Gasteiger partial charge in [-0.1, -0.05) is 152 Å². The molecule has 0 saturated carbocycles. The highest BCUT2D eigenvalue weighted by Crippen LogP contribution is 2.65. The van der Waals surface area contributed by atoms with Gasteiger partial charge < -0.3 is 8.83 Å². The fourth-order valence-corrected chi connectivity index (χ4v) is 10.7. The Hall–Kier alpha value is -8.41. The van der Waals surface area contributed by atoms with Crippen LogP contribution in [0.3, 0.4) is 0 Å². The van der Waals surface area contributed by atoms with Crippen molar-refractivity contribution in [2.45, 2.75) is 5.41 Å². The van der Waals surface area contributed by atoms with E-state index in [-0.39, 0.29) is 0 Å². The Morgan fingerprint density at radius 2 is 0.873 bits per heavy atom. The lowest BCUT2D eigenvalue weighted by molar-refractivity contribution is 0.666. The van der Waals surface area contributed by atoms with Crippen LogP contribution in [0.1, 0.15) is 22.3 Å². The molecule has 9 aromatic carbocycles. The molecule has 3 heterocycles. The first-order valence-electron chi connectivity index (χ1n) is 21.3. The number of rotatable bonds is 4. The lowest BCUT2D eigenvalue weighted by atomic mass is 9.69. The van der Waals surface area contributed by atoms with E-state index >= 15 is 0 Å². The summed E-state index contributed by atoms with van der Waals surface area (Å²) in [4.78, 5) is 15.5. The normalized spacial score (nSPS) is 13.2. The zero-order valence-corrected chi connectivity index (χ0v) is 33.7. The molecule has 5 nitrogen and oxygen atoms in total. The van der Waals surface area contributed by atoms with Gasteiger partial charge in [0.1, 0.15) is 22.3 Å². The van der Waals surface area contributed by atoms with E-state index in [1.165, 1.54) is 44.5 Å². The summed E-state index contributed by atoms with van der Waals surface area (Å²) in [5, 5.41) is 4.32. The summed E-state index contributed by atoms with van der Waals surface area (Å²) in [6, 6.07) is 70.6. The van der Waals surface area contributed by atoms with E-state index in [1.54, 1.807) is 0 Å². The molecule has 0 radical (unpaired) electrons. The summed E-state index contributed by atoms with van der Waals surface area (Å²) in [6.07, 6.45) is 0. The smallest absolute Gasteiger partial charge is 0.164 e. The molecule has 1 spiro atoms. The molecular weight excluding hydrogens is 771 g/mol. The van der Waals surface area contributed by atoms with Crippen LogP contribution in [0.5, 0.6) is 0 Å². The average molecular weight is 804 g/mol. The van der Waals surface area contributed by atoms with Crippen molar-refractivity contribution < 1.29 is 8.83 Å². The molecule has 292 valence electrons. The maximum atomic E-state index is 6.84. The Balaban J connectivity index is 1.04. The van der Waals surface area contributed by atoms with Crippen LogP contribution >= 0.6 is 0 Å². The van der Waals surface area contributed by atoms with Crippen LogP contribution < -0.4 is 0 Å². The first-order chi connectivity index (χ1) is 31.2. The van der Waals surface area contributed by atoms with Crippen molar-refractivity contribution in [3.63, 3.8) is 0 Å². The van der Waals surface area contributed by atoms with Crippen molar-refractivity contribution in [2.24, 2.45) is 0 Å². The Labute approximate surface area is 361 Å². The summed E-state index contributed by atoms with van der Waals surface area (Å²) in [6.45, 7) is 0. The highest BCUT2D eigenvalue weighted by Gasteiger charge is 2.53. The Kier molecular flexibility index (Phi) is 6.97. The van der Waals surface area contributed by atoms with Crippen molar-refractivity contribution in [1.82, 2.24) is 15.0 Å². The van der Waals surface area contributed by atoms with Gasteiger partial charge in [-0.25, -0.2) is 15.0 Å². The zero-order valence-electron chi connectivity index (χ0n) is 33.7. The van der Waals surface area contributed by atoms with E-state index in [4.69, 9.17) is 23.8 Å². The summed E-state index contributed by atoms with van der Waals surface area (Å²) in [5.41, 5.74) is 17.6. The molecule has 0 saturated heterocycles. The second kappa shape index (κ2) is 12.8. The Morgan fingerprint density at radius 3 is 1.63 bits per heavy atom. The number of fused-ring (bicyclic) bond motifs is 17. The van der Waals surface area contributed by atoms with E-state index in [9.17, 15) is 0 Å². The number of aromatic nitrogens is 3. The minimum atomic E-state index is -0.637. The molecule has 0 bridgehead atoms. The van der Waals surface area contributed by atoms with Gasteiger partial charge in [0, 0.05) is 38.2 Å². The highest BCUT2D eigenvalue weighted by atomic mass is 16.3. The maximum absolute atomic E-state index is 6.84. The first kappa shape index (κ1) is 34.3. The Morgan fingerprint density at radius 1 is 0.302 bits per heavy atom. The fraction of sp³-hybridized carbons (Fsp3) is 0.0172. The van der Waals surface area contributed by atoms with Crippen molar-refractivity contribution in [3.05, 3.63) is 222 Å². The monoisotopic (exact) mass is 803 g/mol. The maximum Gasteiger partial charge on any atom is 0.164 e. The number of hydrogen-bond acceptors (Lipinski definition) is 5. The van der Waals surface area contributed by atoms with Gasteiger partial charge in [0.15, 0.2) is 17.5 Å². The van der Waals surface area contributed by atoms with E-state index in [1.807, 2.05) is 42.5 Å². The predicted molar refractivity (Wildman–Crippen MR) is 252 cm³/mol. The third-order valence-corrected chi connectivity index (χ3v) is 13.3. The van der Waals surface area contributed by atoms with Gasteiger partial charge in [0.25, 0.3) is 0 Å². The van der Waals surface area contributed by atoms with E-state index in [0.717, 1.165) is 71.7 Å². The summed E-state index contributed by atoms with van der Waals surface area (Å²) in [5.74, 6) is 1.82. The first-order valence-corrected chi connectivity index (χ1v) is 21.3.